The zero-order valence-corrected chi connectivity index (χ0v) is 15.0. The molecule has 2 N–H and O–H groups in total. The summed E-state index contributed by atoms with van der Waals surface area (Å²) in [6.07, 6.45) is 4.28. The van der Waals surface area contributed by atoms with Crippen LogP contribution in [0.5, 0.6) is 5.75 Å². The summed E-state index contributed by atoms with van der Waals surface area (Å²) in [5, 5.41) is 14.8. The lowest BCUT2D eigenvalue weighted by Gasteiger charge is -2.07. The number of carbonyl (C=O) groups is 1. The molecule has 0 radical (unpaired) electrons. The molecule has 0 aliphatic carbocycles. The summed E-state index contributed by atoms with van der Waals surface area (Å²) < 4.78 is 10.8. The van der Waals surface area contributed by atoms with Gasteiger partial charge in [0, 0.05) is 31.6 Å². The monoisotopic (exact) mass is 345 g/mol. The summed E-state index contributed by atoms with van der Waals surface area (Å²) >= 11 is 0. The minimum Gasteiger partial charge on any atom is -0.494 e. The second-order valence-corrected chi connectivity index (χ2v) is 5.35. The van der Waals surface area contributed by atoms with Gasteiger partial charge in [-0.25, -0.2) is 0 Å². The summed E-state index contributed by atoms with van der Waals surface area (Å²) in [6.45, 7) is 6.48. The van der Waals surface area contributed by atoms with Gasteiger partial charge in [-0.2, -0.15) is 5.26 Å². The Labute approximate surface area is 149 Å². The van der Waals surface area contributed by atoms with E-state index in [1.165, 1.54) is 6.20 Å². The first kappa shape index (κ1) is 20.5. The molecule has 136 valence electrons. The third-order valence-electron chi connectivity index (χ3n) is 3.31. The van der Waals surface area contributed by atoms with E-state index >= 15 is 0 Å². The molecular weight excluding hydrogens is 318 g/mol. The molecule has 1 rings (SSSR count). The van der Waals surface area contributed by atoms with Crippen LogP contribution in [0.2, 0.25) is 0 Å². The molecule has 6 heteroatoms. The molecule has 0 aliphatic heterocycles. The molecule has 0 bridgehead atoms. The molecule has 1 aromatic rings. The fourth-order valence-corrected chi connectivity index (χ4v) is 1.94. The lowest BCUT2D eigenvalue weighted by molar-refractivity contribution is -0.117. The fourth-order valence-electron chi connectivity index (χ4n) is 1.94. The highest BCUT2D eigenvalue weighted by atomic mass is 16.5. The maximum Gasteiger partial charge on any atom is 0.263 e. The van der Waals surface area contributed by atoms with Crippen molar-refractivity contribution in [2.24, 2.45) is 0 Å². The first-order valence-electron chi connectivity index (χ1n) is 8.66. The Morgan fingerprint density at radius 1 is 1.20 bits per heavy atom. The van der Waals surface area contributed by atoms with Crippen molar-refractivity contribution in [1.82, 2.24) is 5.32 Å². The largest absolute Gasteiger partial charge is 0.494 e. The summed E-state index contributed by atoms with van der Waals surface area (Å²) in [5.74, 6) is 0.380. The van der Waals surface area contributed by atoms with Gasteiger partial charge in [-0.05, 0) is 44.0 Å². The molecule has 0 fully saturated rings. The molecule has 6 nitrogen and oxygen atoms in total. The Bertz CT molecular complexity index is 577. The number of ether oxygens (including phenoxy) is 2. The highest BCUT2D eigenvalue weighted by molar-refractivity contribution is 5.97. The van der Waals surface area contributed by atoms with Crippen LogP contribution in [0, 0.1) is 11.3 Å². The Morgan fingerprint density at radius 2 is 1.92 bits per heavy atom. The molecule has 0 saturated heterocycles. The van der Waals surface area contributed by atoms with E-state index in [4.69, 9.17) is 14.7 Å². The smallest absolute Gasteiger partial charge is 0.263 e. The average molecular weight is 345 g/mol. The fraction of sp³-hybridized carbons (Fsp3) is 0.474. The maximum atomic E-state index is 12.0. The van der Waals surface area contributed by atoms with Crippen LogP contribution in [0.25, 0.3) is 0 Å². The molecule has 1 amide bonds. The Morgan fingerprint density at radius 3 is 2.56 bits per heavy atom. The third-order valence-corrected chi connectivity index (χ3v) is 3.31. The first-order valence-corrected chi connectivity index (χ1v) is 8.66. The van der Waals surface area contributed by atoms with Crippen molar-refractivity contribution in [1.29, 1.82) is 5.26 Å². The van der Waals surface area contributed by atoms with Crippen molar-refractivity contribution in [2.45, 2.75) is 33.1 Å². The van der Waals surface area contributed by atoms with Gasteiger partial charge in [-0.3, -0.25) is 4.79 Å². The number of nitrogens with zero attached hydrogens (tertiary/aromatic N) is 1. The molecule has 0 atom stereocenters. The number of anilines is 1. The van der Waals surface area contributed by atoms with Crippen molar-refractivity contribution in [2.75, 3.05) is 31.7 Å². The Kier molecular flexibility index (Phi) is 10.5. The van der Waals surface area contributed by atoms with Crippen LogP contribution >= 0.6 is 0 Å². The number of unbranched alkanes of at least 4 members (excludes halogenated alkanes) is 1. The quantitative estimate of drug-likeness (QED) is 0.345. The van der Waals surface area contributed by atoms with Crippen LogP contribution in [-0.2, 0) is 9.53 Å². The van der Waals surface area contributed by atoms with E-state index in [0.717, 1.165) is 37.3 Å². The molecule has 0 unspecified atom stereocenters. The number of nitriles is 1. The van der Waals surface area contributed by atoms with Crippen LogP contribution < -0.4 is 15.4 Å². The molecule has 0 heterocycles. The lowest BCUT2D eigenvalue weighted by atomic mass is 10.2. The minimum absolute atomic E-state index is 0.0285. The normalized spacial score (nSPS) is 10.8. The number of hydrogen-bond acceptors (Lipinski definition) is 5. The molecule has 0 aromatic heterocycles. The Balaban J connectivity index is 2.37. The van der Waals surface area contributed by atoms with E-state index < -0.39 is 5.91 Å². The van der Waals surface area contributed by atoms with Gasteiger partial charge in [0.15, 0.2) is 0 Å². The van der Waals surface area contributed by atoms with E-state index in [0.29, 0.717) is 19.8 Å². The average Bonchev–Trinajstić information content (AvgIpc) is 2.63. The van der Waals surface area contributed by atoms with Gasteiger partial charge in [0.05, 0.1) is 6.61 Å². The summed E-state index contributed by atoms with van der Waals surface area (Å²) in [5.41, 5.74) is 0.800. The Hall–Kier alpha value is -2.52. The van der Waals surface area contributed by atoms with Crippen LogP contribution in [-0.4, -0.2) is 32.3 Å². The number of hydrogen-bond donors (Lipinski definition) is 2. The number of nitrogens with one attached hydrogen (secondary N) is 2. The predicted molar refractivity (Wildman–Crippen MR) is 98.3 cm³/mol. The molecule has 0 saturated carbocycles. The van der Waals surface area contributed by atoms with Crippen LogP contribution in [0.1, 0.15) is 33.1 Å². The van der Waals surface area contributed by atoms with Crippen molar-refractivity contribution < 1.29 is 14.3 Å². The lowest BCUT2D eigenvalue weighted by Crippen LogP contribution is -2.26. The standard InChI is InChI=1S/C19H27N3O3/c1-3-5-12-24-13-6-11-21-19(23)16(14-20)15-22-17-7-9-18(10-8-17)25-4-2/h7-10,15,22H,3-6,11-13H2,1-2H3,(H,21,23)/b16-15-. The molecule has 1 aromatic carbocycles. The molecule has 25 heavy (non-hydrogen) atoms. The van der Waals surface area contributed by atoms with Crippen LogP contribution in [0.3, 0.4) is 0 Å². The first-order chi connectivity index (χ1) is 12.2. The zero-order chi connectivity index (χ0) is 18.3. The highest BCUT2D eigenvalue weighted by Gasteiger charge is 2.07. The zero-order valence-electron chi connectivity index (χ0n) is 15.0. The van der Waals surface area contributed by atoms with Crippen molar-refractivity contribution >= 4 is 11.6 Å². The van der Waals surface area contributed by atoms with E-state index in [2.05, 4.69) is 17.6 Å². The third kappa shape index (κ3) is 8.77. The van der Waals surface area contributed by atoms with Crippen molar-refractivity contribution in [3.8, 4) is 11.8 Å². The highest BCUT2D eigenvalue weighted by Crippen LogP contribution is 2.15. The topological polar surface area (TPSA) is 83.4 Å². The minimum atomic E-state index is -0.394. The van der Waals surface area contributed by atoms with Crippen LogP contribution in [0.4, 0.5) is 5.69 Å². The SMILES string of the molecule is CCCCOCCCNC(=O)/C(C#N)=C\Nc1ccc(OCC)cc1. The second kappa shape index (κ2) is 12.8. The molecule has 0 spiro atoms. The van der Waals surface area contributed by atoms with Gasteiger partial charge in [0.25, 0.3) is 5.91 Å². The number of carbonyl (C=O) groups excluding carboxylic acids is 1. The van der Waals surface area contributed by atoms with E-state index in [9.17, 15) is 4.79 Å². The van der Waals surface area contributed by atoms with Crippen molar-refractivity contribution in [3.05, 3.63) is 36.0 Å². The summed E-state index contributed by atoms with van der Waals surface area (Å²) in [7, 11) is 0. The van der Waals surface area contributed by atoms with Crippen LogP contribution in [0.15, 0.2) is 36.0 Å². The van der Waals surface area contributed by atoms with Gasteiger partial charge in [-0.15, -0.1) is 0 Å². The van der Waals surface area contributed by atoms with Gasteiger partial charge in [0.2, 0.25) is 0 Å². The second-order valence-electron chi connectivity index (χ2n) is 5.35. The molecular formula is C19H27N3O3. The van der Waals surface area contributed by atoms with E-state index in [1.807, 2.05) is 37.3 Å². The van der Waals surface area contributed by atoms with E-state index in [-0.39, 0.29) is 5.57 Å². The number of benzene rings is 1. The number of rotatable bonds is 12. The summed E-state index contributed by atoms with van der Waals surface area (Å²) in [4.78, 5) is 12.0. The van der Waals surface area contributed by atoms with Gasteiger partial charge in [-0.1, -0.05) is 13.3 Å². The number of amides is 1. The van der Waals surface area contributed by atoms with Gasteiger partial charge < -0.3 is 20.1 Å². The maximum absolute atomic E-state index is 12.0. The van der Waals surface area contributed by atoms with Gasteiger partial charge in [0.1, 0.15) is 17.4 Å². The van der Waals surface area contributed by atoms with Gasteiger partial charge >= 0.3 is 0 Å². The summed E-state index contributed by atoms with van der Waals surface area (Å²) in [6, 6.07) is 9.19. The van der Waals surface area contributed by atoms with E-state index in [1.54, 1.807) is 0 Å². The molecule has 0 aliphatic rings. The predicted octanol–water partition coefficient (Wildman–Crippen LogP) is 3.23. The van der Waals surface area contributed by atoms with Crippen molar-refractivity contribution in [3.63, 3.8) is 0 Å².